The second-order valence-electron chi connectivity index (χ2n) is 7.40. The van der Waals surface area contributed by atoms with Crippen LogP contribution in [0, 0.1) is 24.0 Å². The van der Waals surface area contributed by atoms with E-state index in [1.165, 1.54) is 68.6 Å². The Kier molecular flexibility index (Phi) is 7.43. The highest BCUT2D eigenvalue weighted by atomic mass is 35.5. The van der Waals surface area contributed by atoms with E-state index < -0.39 is 27.4 Å². The number of hydrogen-bond donors (Lipinski definition) is 1. The zero-order chi connectivity index (χ0) is 25.0. The summed E-state index contributed by atoms with van der Waals surface area (Å²) in [5.41, 5.74) is 1.19. The van der Waals surface area contributed by atoms with E-state index in [2.05, 4.69) is 5.32 Å². The first-order chi connectivity index (χ1) is 16.0. The fourth-order valence-corrected chi connectivity index (χ4v) is 5.09. The van der Waals surface area contributed by atoms with Crippen molar-refractivity contribution in [2.24, 2.45) is 0 Å². The van der Waals surface area contributed by atoms with Crippen LogP contribution in [0.4, 0.5) is 17.1 Å². The van der Waals surface area contributed by atoms with Gasteiger partial charge in [-0.15, -0.1) is 0 Å². The molecule has 0 saturated heterocycles. The standard InChI is InChI=1S/C23H22ClN3O6S/c1-15-7-12-21(33-3)22(13-15)34(31,32)26(18-10-8-17(24)9-11-18)14-23(28)25-19-5-4-6-20(16(19)2)27(29)30/h4-13H,14H2,1-3H3,(H,25,28). The molecule has 0 aliphatic rings. The molecule has 34 heavy (non-hydrogen) atoms. The number of nitrogens with one attached hydrogen (secondary N) is 1. The number of aryl methyl sites for hydroxylation is 1. The largest absolute Gasteiger partial charge is 0.495 e. The van der Waals surface area contributed by atoms with E-state index in [0.717, 1.165) is 4.31 Å². The average molecular weight is 504 g/mol. The third-order valence-electron chi connectivity index (χ3n) is 5.06. The molecular weight excluding hydrogens is 482 g/mol. The van der Waals surface area contributed by atoms with Crippen molar-refractivity contribution in [2.75, 3.05) is 23.3 Å². The molecule has 0 aliphatic heterocycles. The highest BCUT2D eigenvalue weighted by Gasteiger charge is 2.30. The minimum absolute atomic E-state index is 0.107. The summed E-state index contributed by atoms with van der Waals surface area (Å²) in [6.07, 6.45) is 0. The van der Waals surface area contributed by atoms with E-state index >= 15 is 0 Å². The second-order valence-corrected chi connectivity index (χ2v) is 9.66. The van der Waals surface area contributed by atoms with Crippen LogP contribution in [0.1, 0.15) is 11.1 Å². The van der Waals surface area contributed by atoms with Crippen LogP contribution in [0.5, 0.6) is 5.75 Å². The maximum atomic E-state index is 13.7. The number of benzene rings is 3. The molecule has 0 radical (unpaired) electrons. The lowest BCUT2D eigenvalue weighted by Gasteiger charge is -2.25. The molecule has 1 N–H and O–H groups in total. The molecule has 3 aromatic rings. The quantitative estimate of drug-likeness (QED) is 0.351. The van der Waals surface area contributed by atoms with Gasteiger partial charge in [-0.05, 0) is 61.9 Å². The number of halogens is 1. The van der Waals surface area contributed by atoms with Gasteiger partial charge < -0.3 is 10.1 Å². The lowest BCUT2D eigenvalue weighted by molar-refractivity contribution is -0.385. The first-order valence-corrected chi connectivity index (χ1v) is 11.8. The normalized spacial score (nSPS) is 11.1. The molecule has 11 heteroatoms. The number of nitrogens with zero attached hydrogens (tertiary/aromatic N) is 2. The van der Waals surface area contributed by atoms with E-state index in [1.54, 1.807) is 13.0 Å². The number of hydrogen-bond acceptors (Lipinski definition) is 6. The van der Waals surface area contributed by atoms with Crippen LogP contribution in [0.15, 0.2) is 65.6 Å². The monoisotopic (exact) mass is 503 g/mol. The molecule has 0 saturated carbocycles. The Balaban J connectivity index is 2.02. The predicted molar refractivity (Wildman–Crippen MR) is 130 cm³/mol. The third-order valence-corrected chi connectivity index (χ3v) is 7.11. The Labute approximate surface area is 202 Å². The molecule has 0 bridgehead atoms. The van der Waals surface area contributed by atoms with E-state index in [9.17, 15) is 23.3 Å². The Bertz CT molecular complexity index is 1340. The summed E-state index contributed by atoms with van der Waals surface area (Å²) in [7, 11) is -2.90. The minimum Gasteiger partial charge on any atom is -0.495 e. The lowest BCUT2D eigenvalue weighted by Crippen LogP contribution is -2.38. The van der Waals surface area contributed by atoms with E-state index in [0.29, 0.717) is 10.6 Å². The molecule has 0 aromatic heterocycles. The second kappa shape index (κ2) is 10.1. The van der Waals surface area contributed by atoms with Crippen LogP contribution in [0.3, 0.4) is 0 Å². The molecule has 0 aliphatic carbocycles. The number of carbonyl (C=O) groups excluding carboxylic acids is 1. The van der Waals surface area contributed by atoms with Crippen LogP contribution in [0.2, 0.25) is 5.02 Å². The number of ether oxygens (including phenoxy) is 1. The maximum Gasteiger partial charge on any atom is 0.274 e. The third kappa shape index (κ3) is 5.29. The highest BCUT2D eigenvalue weighted by Crippen LogP contribution is 2.32. The van der Waals surface area contributed by atoms with Crippen molar-refractivity contribution in [2.45, 2.75) is 18.7 Å². The molecule has 0 spiro atoms. The summed E-state index contributed by atoms with van der Waals surface area (Å²) < 4.78 is 33.6. The van der Waals surface area contributed by atoms with Crippen molar-refractivity contribution in [3.8, 4) is 5.75 Å². The van der Waals surface area contributed by atoms with E-state index in [1.807, 2.05) is 0 Å². The average Bonchev–Trinajstić information content (AvgIpc) is 2.79. The van der Waals surface area contributed by atoms with Crippen LogP contribution in [0.25, 0.3) is 0 Å². The number of rotatable bonds is 8. The van der Waals surface area contributed by atoms with Gasteiger partial charge in [-0.2, -0.15) is 0 Å². The van der Waals surface area contributed by atoms with Gasteiger partial charge in [0.25, 0.3) is 15.7 Å². The molecule has 3 rings (SSSR count). The van der Waals surface area contributed by atoms with Gasteiger partial charge in [0.2, 0.25) is 5.91 Å². The first-order valence-electron chi connectivity index (χ1n) is 10.0. The smallest absolute Gasteiger partial charge is 0.274 e. The first kappa shape index (κ1) is 25.0. The Morgan fingerprint density at radius 2 is 1.79 bits per heavy atom. The van der Waals surface area contributed by atoms with Crippen molar-refractivity contribution in [1.29, 1.82) is 0 Å². The fourth-order valence-electron chi connectivity index (χ4n) is 3.30. The molecule has 0 atom stereocenters. The number of methoxy groups -OCH3 is 1. The highest BCUT2D eigenvalue weighted by molar-refractivity contribution is 7.93. The SMILES string of the molecule is COc1ccc(C)cc1S(=O)(=O)N(CC(=O)Nc1cccc([N+](=O)[O-])c1C)c1ccc(Cl)cc1. The number of nitro groups is 1. The summed E-state index contributed by atoms with van der Waals surface area (Å²) >= 11 is 5.96. The van der Waals surface area contributed by atoms with Gasteiger partial charge in [0, 0.05) is 11.1 Å². The molecule has 0 unspecified atom stereocenters. The van der Waals surface area contributed by atoms with Gasteiger partial charge in [-0.3, -0.25) is 19.2 Å². The Morgan fingerprint density at radius 1 is 1.12 bits per heavy atom. The van der Waals surface area contributed by atoms with Gasteiger partial charge >= 0.3 is 0 Å². The van der Waals surface area contributed by atoms with E-state index in [4.69, 9.17) is 16.3 Å². The molecular formula is C23H22ClN3O6S. The van der Waals surface area contributed by atoms with Gasteiger partial charge in [0.05, 0.1) is 29.0 Å². The van der Waals surface area contributed by atoms with Gasteiger partial charge in [-0.1, -0.05) is 23.7 Å². The van der Waals surface area contributed by atoms with Gasteiger partial charge in [-0.25, -0.2) is 8.42 Å². The van der Waals surface area contributed by atoms with Crippen LogP contribution < -0.4 is 14.4 Å². The molecule has 1 amide bonds. The summed E-state index contributed by atoms with van der Waals surface area (Å²) in [5.74, 6) is -0.562. The molecule has 3 aromatic carbocycles. The lowest BCUT2D eigenvalue weighted by atomic mass is 10.1. The van der Waals surface area contributed by atoms with Gasteiger partial charge in [0.1, 0.15) is 17.2 Å². The van der Waals surface area contributed by atoms with Crippen molar-refractivity contribution >= 4 is 44.6 Å². The Hall–Kier alpha value is -3.63. The zero-order valence-electron chi connectivity index (χ0n) is 18.6. The van der Waals surface area contributed by atoms with Crippen LogP contribution in [-0.2, 0) is 14.8 Å². The minimum atomic E-state index is -4.26. The number of amides is 1. The number of carbonyl (C=O) groups is 1. The summed E-state index contributed by atoms with van der Waals surface area (Å²) in [4.78, 5) is 23.5. The van der Waals surface area contributed by atoms with Crippen molar-refractivity contribution < 1.29 is 22.9 Å². The van der Waals surface area contributed by atoms with E-state index in [-0.39, 0.29) is 33.3 Å². The molecule has 9 nitrogen and oxygen atoms in total. The van der Waals surface area contributed by atoms with Crippen molar-refractivity contribution in [3.63, 3.8) is 0 Å². The topological polar surface area (TPSA) is 119 Å². The number of sulfonamides is 1. The number of anilines is 2. The maximum absolute atomic E-state index is 13.7. The summed E-state index contributed by atoms with van der Waals surface area (Å²) in [6.45, 7) is 2.64. The fraction of sp³-hybridized carbons (Fsp3) is 0.174. The number of nitro benzene ring substituents is 1. The molecule has 178 valence electrons. The van der Waals surface area contributed by atoms with Crippen LogP contribution in [-0.4, -0.2) is 32.9 Å². The summed E-state index contributed by atoms with van der Waals surface area (Å²) in [6, 6.07) is 14.9. The molecule has 0 fully saturated rings. The summed E-state index contributed by atoms with van der Waals surface area (Å²) in [5, 5.41) is 14.2. The molecule has 0 heterocycles. The van der Waals surface area contributed by atoms with Gasteiger partial charge in [0.15, 0.2) is 0 Å². The van der Waals surface area contributed by atoms with Crippen molar-refractivity contribution in [1.82, 2.24) is 0 Å². The zero-order valence-corrected chi connectivity index (χ0v) is 20.2. The predicted octanol–water partition coefficient (Wildman–Crippen LogP) is 4.71. The van der Waals surface area contributed by atoms with Crippen LogP contribution >= 0.6 is 11.6 Å². The van der Waals surface area contributed by atoms with Crippen molar-refractivity contribution in [3.05, 3.63) is 86.9 Å². The Morgan fingerprint density at radius 3 is 2.41 bits per heavy atom.